The second kappa shape index (κ2) is 6.70. The molecule has 1 unspecified atom stereocenters. The van der Waals surface area contributed by atoms with E-state index in [-0.39, 0.29) is 5.82 Å². The molecule has 0 aliphatic carbocycles. The van der Waals surface area contributed by atoms with Crippen molar-refractivity contribution in [2.24, 2.45) is 0 Å². The van der Waals surface area contributed by atoms with Gasteiger partial charge in [-0.15, -0.1) is 23.1 Å². The molecule has 0 spiro atoms. The number of aliphatic hydroxyl groups excluding tert-OH is 1. The van der Waals surface area contributed by atoms with Gasteiger partial charge >= 0.3 is 0 Å². The average molecular weight is 347 g/mol. The van der Waals surface area contributed by atoms with Crippen LogP contribution in [0.4, 0.5) is 4.39 Å². The van der Waals surface area contributed by atoms with Crippen molar-refractivity contribution in [3.05, 3.63) is 50.9 Å². The smallest absolute Gasteiger partial charge is 0.123 e. The van der Waals surface area contributed by atoms with Gasteiger partial charge < -0.3 is 5.11 Å². The normalized spacial score (nSPS) is 12.6. The molecule has 1 atom stereocenters. The maximum absolute atomic E-state index is 12.7. The Kier molecular flexibility index (Phi) is 5.24. The van der Waals surface area contributed by atoms with Gasteiger partial charge in [0, 0.05) is 26.4 Å². The van der Waals surface area contributed by atoms with Crippen molar-refractivity contribution in [2.75, 3.05) is 5.75 Å². The van der Waals surface area contributed by atoms with Crippen LogP contribution in [0.1, 0.15) is 4.88 Å². The van der Waals surface area contributed by atoms with Gasteiger partial charge in [-0.05, 0) is 51.6 Å². The zero-order valence-corrected chi connectivity index (χ0v) is 12.7. The minimum absolute atomic E-state index is 0.234. The Hall–Kier alpha value is -0.360. The molecule has 0 saturated carbocycles. The van der Waals surface area contributed by atoms with E-state index in [0.717, 1.165) is 14.2 Å². The Morgan fingerprint density at radius 3 is 2.61 bits per heavy atom. The fourth-order valence-electron chi connectivity index (χ4n) is 1.47. The van der Waals surface area contributed by atoms with Crippen LogP contribution in [0.15, 0.2) is 45.1 Å². The van der Waals surface area contributed by atoms with E-state index in [1.807, 2.05) is 11.4 Å². The topological polar surface area (TPSA) is 20.2 Å². The Bertz CT molecular complexity index is 498. The van der Waals surface area contributed by atoms with Crippen LogP contribution >= 0.6 is 39.0 Å². The minimum Gasteiger partial charge on any atom is -0.392 e. The summed E-state index contributed by atoms with van der Waals surface area (Å²) >= 11 is 6.62. The molecule has 96 valence electrons. The first-order valence-electron chi connectivity index (χ1n) is 5.43. The van der Waals surface area contributed by atoms with Crippen LogP contribution in [0, 0.1) is 5.82 Å². The number of thiophene rings is 1. The molecule has 1 nitrogen and oxygen atoms in total. The van der Waals surface area contributed by atoms with Crippen LogP contribution in [0.5, 0.6) is 0 Å². The molecule has 0 fully saturated rings. The molecule has 5 heteroatoms. The van der Waals surface area contributed by atoms with Crippen molar-refractivity contribution in [3.63, 3.8) is 0 Å². The highest BCUT2D eigenvalue weighted by Crippen LogP contribution is 2.26. The maximum Gasteiger partial charge on any atom is 0.123 e. The number of thioether (sulfide) groups is 1. The van der Waals surface area contributed by atoms with E-state index in [1.165, 1.54) is 23.9 Å². The standard InChI is InChI=1S/C13H12BrFOS2/c14-12-5-6-17-13(12)7-10(16)8-18-11-3-1-9(15)2-4-11/h1-6,10,16H,7-8H2. The van der Waals surface area contributed by atoms with Gasteiger partial charge in [0.15, 0.2) is 0 Å². The fraction of sp³-hybridized carbons (Fsp3) is 0.231. The molecule has 1 aromatic carbocycles. The number of rotatable bonds is 5. The summed E-state index contributed by atoms with van der Waals surface area (Å²) in [4.78, 5) is 2.13. The lowest BCUT2D eigenvalue weighted by Gasteiger charge is -2.09. The van der Waals surface area contributed by atoms with Gasteiger partial charge in [0.2, 0.25) is 0 Å². The van der Waals surface area contributed by atoms with Gasteiger partial charge in [0.05, 0.1) is 6.10 Å². The van der Waals surface area contributed by atoms with Crippen molar-refractivity contribution in [2.45, 2.75) is 17.4 Å². The molecule has 1 aromatic heterocycles. The zero-order valence-electron chi connectivity index (χ0n) is 9.48. The highest BCUT2D eigenvalue weighted by molar-refractivity contribution is 9.10. The first kappa shape index (κ1) is 14.1. The van der Waals surface area contributed by atoms with E-state index in [2.05, 4.69) is 15.9 Å². The largest absolute Gasteiger partial charge is 0.392 e. The number of aliphatic hydroxyl groups is 1. The van der Waals surface area contributed by atoms with Crippen molar-refractivity contribution >= 4 is 39.0 Å². The van der Waals surface area contributed by atoms with Crippen LogP contribution in [-0.2, 0) is 6.42 Å². The third-order valence-corrected chi connectivity index (χ3v) is 5.47. The molecule has 0 aliphatic heterocycles. The van der Waals surface area contributed by atoms with Gasteiger partial charge in [-0.25, -0.2) is 4.39 Å². The Balaban J connectivity index is 1.83. The third kappa shape index (κ3) is 4.09. The van der Waals surface area contributed by atoms with Gasteiger partial charge in [-0.2, -0.15) is 0 Å². The highest BCUT2D eigenvalue weighted by Gasteiger charge is 2.10. The molecule has 2 rings (SSSR count). The van der Waals surface area contributed by atoms with Crippen LogP contribution in [-0.4, -0.2) is 17.0 Å². The fourth-order valence-corrected chi connectivity index (χ4v) is 3.89. The van der Waals surface area contributed by atoms with Crippen molar-refractivity contribution in [1.82, 2.24) is 0 Å². The molecule has 1 N–H and O–H groups in total. The second-order valence-corrected chi connectivity index (χ2v) is 6.76. The highest BCUT2D eigenvalue weighted by atomic mass is 79.9. The summed E-state index contributed by atoms with van der Waals surface area (Å²) in [7, 11) is 0. The van der Waals surface area contributed by atoms with Gasteiger partial charge in [-0.3, -0.25) is 0 Å². The molecule has 18 heavy (non-hydrogen) atoms. The van der Waals surface area contributed by atoms with Gasteiger partial charge in [0.25, 0.3) is 0 Å². The van der Waals surface area contributed by atoms with Crippen LogP contribution < -0.4 is 0 Å². The number of halogens is 2. The molecule has 0 amide bonds. The summed E-state index contributed by atoms with van der Waals surface area (Å²) in [6, 6.07) is 8.32. The van der Waals surface area contributed by atoms with Crippen LogP contribution in [0.25, 0.3) is 0 Å². The molecule has 2 aromatic rings. The van der Waals surface area contributed by atoms with Crippen molar-refractivity contribution in [3.8, 4) is 0 Å². The second-order valence-electron chi connectivity index (χ2n) is 3.81. The maximum atomic E-state index is 12.7. The van der Waals surface area contributed by atoms with Crippen LogP contribution in [0.3, 0.4) is 0 Å². The zero-order chi connectivity index (χ0) is 13.0. The lowest BCUT2D eigenvalue weighted by atomic mass is 10.2. The van der Waals surface area contributed by atoms with Gasteiger partial charge in [0.1, 0.15) is 5.82 Å². The third-order valence-electron chi connectivity index (χ3n) is 2.37. The van der Waals surface area contributed by atoms with E-state index in [4.69, 9.17) is 0 Å². The molecule has 0 radical (unpaired) electrons. The molecule has 1 heterocycles. The summed E-state index contributed by atoms with van der Waals surface area (Å²) < 4.78 is 13.8. The Morgan fingerprint density at radius 1 is 1.28 bits per heavy atom. The SMILES string of the molecule is OC(CSc1ccc(F)cc1)Cc1sccc1Br. The molecule has 0 saturated heterocycles. The molecular weight excluding hydrogens is 335 g/mol. The lowest BCUT2D eigenvalue weighted by molar-refractivity contribution is 0.201. The van der Waals surface area contributed by atoms with E-state index in [0.29, 0.717) is 12.2 Å². The average Bonchev–Trinajstić information content (AvgIpc) is 2.74. The summed E-state index contributed by atoms with van der Waals surface area (Å²) in [6.45, 7) is 0. The van der Waals surface area contributed by atoms with E-state index in [9.17, 15) is 9.50 Å². The van der Waals surface area contributed by atoms with Crippen LogP contribution in [0.2, 0.25) is 0 Å². The Labute approximate surface area is 122 Å². The van der Waals surface area contributed by atoms with E-state index in [1.54, 1.807) is 23.5 Å². The summed E-state index contributed by atoms with van der Waals surface area (Å²) in [6.07, 6.45) is 0.252. The van der Waals surface area contributed by atoms with Crippen molar-refractivity contribution < 1.29 is 9.50 Å². The van der Waals surface area contributed by atoms with Gasteiger partial charge in [-0.1, -0.05) is 0 Å². The van der Waals surface area contributed by atoms with Crippen molar-refractivity contribution in [1.29, 1.82) is 0 Å². The quantitative estimate of drug-likeness (QED) is 0.812. The predicted octanol–water partition coefficient (Wildman–Crippen LogP) is 4.35. The minimum atomic E-state index is -0.394. The van der Waals surface area contributed by atoms with E-state index >= 15 is 0 Å². The molecule has 0 bridgehead atoms. The molecule has 0 aliphatic rings. The number of hydrogen-bond donors (Lipinski definition) is 1. The first-order chi connectivity index (χ1) is 8.65. The summed E-state index contributed by atoms with van der Waals surface area (Å²) in [5, 5.41) is 12.0. The number of benzene rings is 1. The van der Waals surface area contributed by atoms with E-state index < -0.39 is 6.10 Å². The number of hydrogen-bond acceptors (Lipinski definition) is 3. The Morgan fingerprint density at radius 2 is 2.00 bits per heavy atom. The summed E-state index contributed by atoms with van der Waals surface area (Å²) in [5.74, 6) is 0.373. The first-order valence-corrected chi connectivity index (χ1v) is 8.09. The summed E-state index contributed by atoms with van der Waals surface area (Å²) in [5.41, 5.74) is 0. The predicted molar refractivity (Wildman–Crippen MR) is 78.9 cm³/mol. The molecular formula is C13H12BrFOS2. The monoisotopic (exact) mass is 346 g/mol. The lowest BCUT2D eigenvalue weighted by Crippen LogP contribution is -2.12.